The van der Waals surface area contributed by atoms with E-state index in [-0.39, 0.29) is 0 Å². The summed E-state index contributed by atoms with van der Waals surface area (Å²) in [7, 11) is 1.56. The Morgan fingerprint density at radius 2 is 2.33 bits per heavy atom. The van der Waals surface area contributed by atoms with Gasteiger partial charge in [-0.2, -0.15) is 11.8 Å². The summed E-state index contributed by atoms with van der Waals surface area (Å²) in [4.78, 5) is 7.96. The van der Waals surface area contributed by atoms with Gasteiger partial charge in [-0.25, -0.2) is 9.97 Å². The van der Waals surface area contributed by atoms with Crippen molar-refractivity contribution in [2.75, 3.05) is 30.2 Å². The minimum absolute atomic E-state index is 0.309. The molecule has 0 spiro atoms. The third-order valence-corrected chi connectivity index (χ3v) is 2.67. The van der Waals surface area contributed by atoms with Gasteiger partial charge in [0.25, 0.3) is 0 Å². The standard InChI is InChI=1S/C9H16N4OS/c1-6(4-15-3)13-9-7(14-2)8(10)11-5-12-9/h5-6H,4H2,1-3H3,(H3,10,11,12,13). The highest BCUT2D eigenvalue weighted by Crippen LogP contribution is 2.26. The summed E-state index contributed by atoms with van der Waals surface area (Å²) in [6, 6.07) is 0.309. The van der Waals surface area contributed by atoms with Crippen LogP contribution in [0.1, 0.15) is 6.92 Å². The average molecular weight is 228 g/mol. The molecular formula is C9H16N4OS. The lowest BCUT2D eigenvalue weighted by Crippen LogP contribution is -2.19. The molecule has 15 heavy (non-hydrogen) atoms. The van der Waals surface area contributed by atoms with E-state index in [1.165, 1.54) is 6.33 Å². The predicted octanol–water partition coefficient (Wildman–Crippen LogP) is 1.23. The smallest absolute Gasteiger partial charge is 0.203 e. The molecule has 1 unspecified atom stereocenters. The van der Waals surface area contributed by atoms with E-state index in [4.69, 9.17) is 10.5 Å². The van der Waals surface area contributed by atoms with E-state index < -0.39 is 0 Å². The molecule has 6 heteroatoms. The molecule has 0 bridgehead atoms. The summed E-state index contributed by atoms with van der Waals surface area (Å²) in [6.45, 7) is 2.08. The Hall–Kier alpha value is -1.17. The van der Waals surface area contributed by atoms with Gasteiger partial charge in [-0.05, 0) is 13.2 Å². The molecule has 1 heterocycles. The number of anilines is 2. The molecule has 5 nitrogen and oxygen atoms in total. The van der Waals surface area contributed by atoms with Crippen LogP contribution in [0.25, 0.3) is 0 Å². The number of nitrogen functional groups attached to an aromatic ring is 1. The van der Waals surface area contributed by atoms with Gasteiger partial charge in [-0.3, -0.25) is 0 Å². The molecule has 0 saturated heterocycles. The van der Waals surface area contributed by atoms with Crippen molar-refractivity contribution in [2.24, 2.45) is 0 Å². The molecule has 0 aliphatic carbocycles. The zero-order valence-electron chi connectivity index (χ0n) is 9.15. The quantitative estimate of drug-likeness (QED) is 0.789. The topological polar surface area (TPSA) is 73.1 Å². The first-order valence-electron chi connectivity index (χ1n) is 4.59. The minimum Gasteiger partial charge on any atom is -0.490 e. The average Bonchev–Trinajstić information content (AvgIpc) is 2.18. The van der Waals surface area contributed by atoms with Gasteiger partial charge in [0.05, 0.1) is 7.11 Å². The van der Waals surface area contributed by atoms with Crippen molar-refractivity contribution in [1.29, 1.82) is 0 Å². The number of thioether (sulfide) groups is 1. The predicted molar refractivity (Wildman–Crippen MR) is 64.5 cm³/mol. The molecule has 0 amide bonds. The second kappa shape index (κ2) is 5.65. The highest BCUT2D eigenvalue weighted by Gasteiger charge is 2.11. The van der Waals surface area contributed by atoms with Crippen LogP contribution in [-0.4, -0.2) is 35.1 Å². The fraction of sp³-hybridized carbons (Fsp3) is 0.556. The summed E-state index contributed by atoms with van der Waals surface area (Å²) >= 11 is 1.77. The monoisotopic (exact) mass is 228 g/mol. The summed E-state index contributed by atoms with van der Waals surface area (Å²) in [5.74, 6) is 2.50. The Morgan fingerprint density at radius 3 is 2.93 bits per heavy atom. The van der Waals surface area contributed by atoms with E-state index in [1.54, 1.807) is 18.9 Å². The summed E-state index contributed by atoms with van der Waals surface area (Å²) < 4.78 is 5.14. The van der Waals surface area contributed by atoms with E-state index in [1.807, 2.05) is 0 Å². The van der Waals surface area contributed by atoms with E-state index in [2.05, 4.69) is 28.5 Å². The molecule has 0 aliphatic heterocycles. The Morgan fingerprint density at radius 1 is 1.60 bits per heavy atom. The Bertz CT molecular complexity index is 321. The lowest BCUT2D eigenvalue weighted by Gasteiger charge is -2.15. The van der Waals surface area contributed by atoms with Crippen LogP contribution in [0.3, 0.4) is 0 Å². The lowest BCUT2D eigenvalue weighted by atomic mass is 10.3. The van der Waals surface area contributed by atoms with E-state index in [0.717, 1.165) is 5.75 Å². The molecule has 0 saturated carbocycles. The molecule has 1 aromatic rings. The summed E-state index contributed by atoms with van der Waals surface area (Å²) in [5.41, 5.74) is 5.66. The Kier molecular flexibility index (Phi) is 4.48. The third-order valence-electron chi connectivity index (χ3n) is 1.84. The first-order valence-corrected chi connectivity index (χ1v) is 5.98. The van der Waals surface area contributed by atoms with Crippen molar-refractivity contribution >= 4 is 23.4 Å². The van der Waals surface area contributed by atoms with Crippen LogP contribution < -0.4 is 15.8 Å². The lowest BCUT2D eigenvalue weighted by molar-refractivity contribution is 0.415. The molecule has 0 aromatic carbocycles. The molecule has 1 atom stereocenters. The maximum absolute atomic E-state index is 5.66. The van der Waals surface area contributed by atoms with Gasteiger partial charge in [-0.1, -0.05) is 0 Å². The largest absolute Gasteiger partial charge is 0.490 e. The summed E-state index contributed by atoms with van der Waals surface area (Å²) in [5, 5.41) is 3.23. The molecule has 0 aliphatic rings. The van der Waals surface area contributed by atoms with Crippen LogP contribution in [0.15, 0.2) is 6.33 Å². The molecule has 0 radical (unpaired) electrons. The van der Waals surface area contributed by atoms with Crippen LogP contribution in [-0.2, 0) is 0 Å². The van der Waals surface area contributed by atoms with Crippen LogP contribution in [0, 0.1) is 0 Å². The normalized spacial score (nSPS) is 12.2. The summed E-state index contributed by atoms with van der Waals surface area (Å²) in [6.07, 6.45) is 3.48. The number of ether oxygens (including phenoxy) is 1. The van der Waals surface area contributed by atoms with Crippen LogP contribution in [0.4, 0.5) is 11.6 Å². The van der Waals surface area contributed by atoms with Crippen molar-refractivity contribution < 1.29 is 4.74 Å². The zero-order valence-corrected chi connectivity index (χ0v) is 9.97. The van der Waals surface area contributed by atoms with Gasteiger partial charge in [0, 0.05) is 11.8 Å². The van der Waals surface area contributed by atoms with Gasteiger partial charge in [0.2, 0.25) is 5.75 Å². The number of hydrogen-bond acceptors (Lipinski definition) is 6. The van der Waals surface area contributed by atoms with E-state index in [0.29, 0.717) is 23.4 Å². The van der Waals surface area contributed by atoms with Crippen LogP contribution in [0.5, 0.6) is 5.75 Å². The second-order valence-corrected chi connectivity index (χ2v) is 4.05. The second-order valence-electron chi connectivity index (χ2n) is 3.14. The Labute approximate surface area is 93.8 Å². The van der Waals surface area contributed by atoms with Gasteiger partial charge in [0.15, 0.2) is 11.6 Å². The maximum Gasteiger partial charge on any atom is 0.203 e. The van der Waals surface area contributed by atoms with Crippen LogP contribution >= 0.6 is 11.8 Å². The molecule has 84 valence electrons. The fourth-order valence-corrected chi connectivity index (χ4v) is 1.80. The van der Waals surface area contributed by atoms with E-state index in [9.17, 15) is 0 Å². The number of hydrogen-bond donors (Lipinski definition) is 2. The number of nitrogens with one attached hydrogen (secondary N) is 1. The number of aromatic nitrogens is 2. The molecule has 3 N–H and O–H groups in total. The first kappa shape index (κ1) is 11.9. The van der Waals surface area contributed by atoms with Crippen LogP contribution in [0.2, 0.25) is 0 Å². The van der Waals surface area contributed by atoms with Gasteiger partial charge < -0.3 is 15.8 Å². The zero-order chi connectivity index (χ0) is 11.3. The van der Waals surface area contributed by atoms with E-state index >= 15 is 0 Å². The van der Waals surface area contributed by atoms with Gasteiger partial charge in [0.1, 0.15) is 6.33 Å². The highest BCUT2D eigenvalue weighted by molar-refractivity contribution is 7.98. The molecule has 0 fully saturated rings. The van der Waals surface area contributed by atoms with Crippen molar-refractivity contribution in [3.8, 4) is 5.75 Å². The number of rotatable bonds is 5. The van der Waals surface area contributed by atoms with Crippen molar-refractivity contribution in [3.63, 3.8) is 0 Å². The molecular weight excluding hydrogens is 212 g/mol. The Balaban J connectivity index is 2.80. The maximum atomic E-state index is 5.66. The SMILES string of the molecule is COc1c(N)ncnc1NC(C)CSC. The number of nitrogens with zero attached hydrogens (tertiary/aromatic N) is 2. The molecule has 1 aromatic heterocycles. The first-order chi connectivity index (χ1) is 7.19. The molecule has 1 rings (SSSR count). The highest BCUT2D eigenvalue weighted by atomic mass is 32.2. The minimum atomic E-state index is 0.309. The third kappa shape index (κ3) is 3.16. The van der Waals surface area contributed by atoms with Gasteiger partial charge >= 0.3 is 0 Å². The van der Waals surface area contributed by atoms with Crippen molar-refractivity contribution in [1.82, 2.24) is 9.97 Å². The van der Waals surface area contributed by atoms with Crippen molar-refractivity contribution in [3.05, 3.63) is 6.33 Å². The number of nitrogens with two attached hydrogens (primary N) is 1. The number of methoxy groups -OCH3 is 1. The van der Waals surface area contributed by atoms with Gasteiger partial charge in [-0.15, -0.1) is 0 Å². The fourth-order valence-electron chi connectivity index (χ4n) is 1.22. The van der Waals surface area contributed by atoms with Crippen molar-refractivity contribution in [2.45, 2.75) is 13.0 Å².